The predicted molar refractivity (Wildman–Crippen MR) is 65.7 cm³/mol. The molecule has 4 nitrogen and oxygen atoms in total. The maximum Gasteiger partial charge on any atom is 0.230 e. The van der Waals surface area contributed by atoms with Crippen molar-refractivity contribution in [3.63, 3.8) is 0 Å². The zero-order valence-electron chi connectivity index (χ0n) is 10.3. The SMILES string of the molecule is CC(C#N)S(=O)(=O)N1CCCC2CCCCC21. The van der Waals surface area contributed by atoms with Crippen LogP contribution in [-0.4, -0.2) is 30.6 Å². The summed E-state index contributed by atoms with van der Waals surface area (Å²) in [6.45, 7) is 2.09. The van der Waals surface area contributed by atoms with Crippen molar-refractivity contribution in [2.24, 2.45) is 5.92 Å². The van der Waals surface area contributed by atoms with Crippen LogP contribution in [0.2, 0.25) is 0 Å². The van der Waals surface area contributed by atoms with Crippen LogP contribution in [0.1, 0.15) is 45.4 Å². The smallest absolute Gasteiger partial charge is 0.211 e. The average Bonchev–Trinajstić information content (AvgIpc) is 2.37. The van der Waals surface area contributed by atoms with Crippen LogP contribution in [0.3, 0.4) is 0 Å². The Morgan fingerprint density at radius 3 is 2.59 bits per heavy atom. The Morgan fingerprint density at radius 1 is 1.24 bits per heavy atom. The molecule has 1 saturated heterocycles. The molecule has 0 aromatic heterocycles. The van der Waals surface area contributed by atoms with Gasteiger partial charge < -0.3 is 0 Å². The number of fused-ring (bicyclic) bond motifs is 1. The van der Waals surface area contributed by atoms with Gasteiger partial charge in [0.1, 0.15) is 0 Å². The molecule has 1 aliphatic heterocycles. The molecule has 2 rings (SSSR count). The van der Waals surface area contributed by atoms with Crippen LogP contribution >= 0.6 is 0 Å². The van der Waals surface area contributed by atoms with Crippen molar-refractivity contribution >= 4 is 10.0 Å². The van der Waals surface area contributed by atoms with Crippen LogP contribution in [0.4, 0.5) is 0 Å². The van der Waals surface area contributed by atoms with E-state index in [-0.39, 0.29) is 6.04 Å². The summed E-state index contributed by atoms with van der Waals surface area (Å²) in [5.74, 6) is 0.526. The normalized spacial score (nSPS) is 32.5. The molecule has 2 aliphatic rings. The lowest BCUT2D eigenvalue weighted by Crippen LogP contribution is -2.51. The Hall–Kier alpha value is -0.600. The molecule has 0 N–H and O–H groups in total. The van der Waals surface area contributed by atoms with Crippen molar-refractivity contribution in [1.29, 1.82) is 5.26 Å². The number of hydrogen-bond acceptors (Lipinski definition) is 3. The highest BCUT2D eigenvalue weighted by molar-refractivity contribution is 7.90. The summed E-state index contributed by atoms with van der Waals surface area (Å²) < 4.78 is 26.2. The van der Waals surface area contributed by atoms with E-state index in [9.17, 15) is 8.42 Å². The van der Waals surface area contributed by atoms with Gasteiger partial charge >= 0.3 is 0 Å². The van der Waals surface area contributed by atoms with Crippen LogP contribution in [0.15, 0.2) is 0 Å². The minimum atomic E-state index is -3.41. The third-order valence-corrected chi connectivity index (χ3v) is 6.25. The Labute approximate surface area is 104 Å². The maximum absolute atomic E-state index is 12.3. The molecule has 0 aromatic rings. The van der Waals surface area contributed by atoms with E-state index in [0.29, 0.717) is 12.5 Å². The van der Waals surface area contributed by atoms with Gasteiger partial charge in [-0.15, -0.1) is 0 Å². The molecule has 0 amide bonds. The van der Waals surface area contributed by atoms with Gasteiger partial charge in [-0.25, -0.2) is 8.42 Å². The topological polar surface area (TPSA) is 61.2 Å². The monoisotopic (exact) mass is 256 g/mol. The van der Waals surface area contributed by atoms with E-state index in [1.165, 1.54) is 13.3 Å². The van der Waals surface area contributed by atoms with E-state index in [4.69, 9.17) is 5.26 Å². The van der Waals surface area contributed by atoms with Gasteiger partial charge in [0.05, 0.1) is 6.07 Å². The zero-order valence-corrected chi connectivity index (χ0v) is 11.1. The molecule has 1 aliphatic carbocycles. The third-order valence-electron chi connectivity index (χ3n) is 4.15. The van der Waals surface area contributed by atoms with Crippen molar-refractivity contribution in [2.45, 2.75) is 56.7 Å². The summed E-state index contributed by atoms with van der Waals surface area (Å²) in [6, 6.07) is 2.03. The Balaban J connectivity index is 2.22. The Kier molecular flexibility index (Phi) is 3.74. The van der Waals surface area contributed by atoms with Gasteiger partial charge in [0.25, 0.3) is 0 Å². The molecule has 0 aromatic carbocycles. The first kappa shape index (κ1) is 12.8. The lowest BCUT2D eigenvalue weighted by molar-refractivity contribution is 0.128. The molecule has 96 valence electrons. The van der Waals surface area contributed by atoms with Gasteiger partial charge in [-0.2, -0.15) is 9.57 Å². The van der Waals surface area contributed by atoms with Crippen LogP contribution in [0, 0.1) is 17.2 Å². The molecule has 0 bridgehead atoms. The fourth-order valence-corrected chi connectivity index (χ4v) is 4.74. The highest BCUT2D eigenvalue weighted by Gasteiger charge is 2.41. The second-order valence-electron chi connectivity index (χ2n) is 5.18. The van der Waals surface area contributed by atoms with Gasteiger partial charge in [0.15, 0.2) is 5.25 Å². The van der Waals surface area contributed by atoms with Crippen LogP contribution < -0.4 is 0 Å². The van der Waals surface area contributed by atoms with E-state index >= 15 is 0 Å². The largest absolute Gasteiger partial charge is 0.230 e. The fourth-order valence-electron chi connectivity index (χ4n) is 3.16. The number of rotatable bonds is 2. The molecule has 17 heavy (non-hydrogen) atoms. The lowest BCUT2D eigenvalue weighted by atomic mass is 9.79. The van der Waals surface area contributed by atoms with E-state index in [0.717, 1.165) is 32.1 Å². The van der Waals surface area contributed by atoms with Crippen molar-refractivity contribution < 1.29 is 8.42 Å². The number of nitrogens with zero attached hydrogens (tertiary/aromatic N) is 2. The summed E-state index contributed by atoms with van der Waals surface area (Å²) in [5, 5.41) is 7.93. The highest BCUT2D eigenvalue weighted by Crippen LogP contribution is 2.37. The molecule has 5 heteroatoms. The summed E-state index contributed by atoms with van der Waals surface area (Å²) in [7, 11) is -3.41. The summed E-state index contributed by atoms with van der Waals surface area (Å²) >= 11 is 0. The van der Waals surface area contributed by atoms with Crippen molar-refractivity contribution in [3.05, 3.63) is 0 Å². The first-order valence-electron chi connectivity index (χ1n) is 6.47. The summed E-state index contributed by atoms with van der Waals surface area (Å²) in [5.41, 5.74) is 0. The molecule has 3 unspecified atom stereocenters. The lowest BCUT2D eigenvalue weighted by Gasteiger charge is -2.43. The number of nitriles is 1. The average molecular weight is 256 g/mol. The minimum Gasteiger partial charge on any atom is -0.211 e. The number of hydrogen-bond donors (Lipinski definition) is 0. The third kappa shape index (κ3) is 2.34. The molecule has 1 saturated carbocycles. The number of piperidine rings is 1. The Morgan fingerprint density at radius 2 is 1.88 bits per heavy atom. The van der Waals surface area contributed by atoms with E-state index in [2.05, 4.69) is 0 Å². The van der Waals surface area contributed by atoms with Crippen molar-refractivity contribution in [2.75, 3.05) is 6.54 Å². The number of sulfonamides is 1. The van der Waals surface area contributed by atoms with Gasteiger partial charge in [0, 0.05) is 12.6 Å². The van der Waals surface area contributed by atoms with Gasteiger partial charge in [-0.05, 0) is 38.5 Å². The molecule has 0 radical (unpaired) electrons. The van der Waals surface area contributed by atoms with E-state index in [1.807, 2.05) is 6.07 Å². The highest BCUT2D eigenvalue weighted by atomic mass is 32.2. The van der Waals surface area contributed by atoms with E-state index in [1.54, 1.807) is 4.31 Å². The van der Waals surface area contributed by atoms with Crippen molar-refractivity contribution in [3.8, 4) is 6.07 Å². The minimum absolute atomic E-state index is 0.165. The molecule has 2 fully saturated rings. The maximum atomic E-state index is 12.3. The second-order valence-corrected chi connectivity index (χ2v) is 7.39. The van der Waals surface area contributed by atoms with Crippen LogP contribution in [-0.2, 0) is 10.0 Å². The van der Waals surface area contributed by atoms with Crippen molar-refractivity contribution in [1.82, 2.24) is 4.31 Å². The first-order chi connectivity index (χ1) is 8.07. The van der Waals surface area contributed by atoms with Gasteiger partial charge in [-0.1, -0.05) is 12.8 Å². The molecule has 1 heterocycles. The zero-order chi connectivity index (χ0) is 12.5. The molecular formula is C12H20N2O2S. The quantitative estimate of drug-likeness (QED) is 0.758. The second kappa shape index (κ2) is 4.95. The molecule has 0 spiro atoms. The molecular weight excluding hydrogens is 236 g/mol. The van der Waals surface area contributed by atoms with Crippen LogP contribution in [0.5, 0.6) is 0 Å². The first-order valence-corrected chi connectivity index (χ1v) is 7.98. The standard InChI is InChI=1S/C12H20N2O2S/c1-10(9-13)17(15,16)14-8-4-6-11-5-2-3-7-12(11)14/h10-12H,2-8H2,1H3. The predicted octanol–water partition coefficient (Wildman–Crippen LogP) is 1.88. The van der Waals surface area contributed by atoms with Gasteiger partial charge in [0.2, 0.25) is 10.0 Å². The van der Waals surface area contributed by atoms with Gasteiger partial charge in [-0.3, -0.25) is 0 Å². The Bertz CT molecular complexity index is 411. The van der Waals surface area contributed by atoms with E-state index < -0.39 is 15.3 Å². The fraction of sp³-hybridized carbons (Fsp3) is 0.917. The van der Waals surface area contributed by atoms with Crippen LogP contribution in [0.25, 0.3) is 0 Å². The summed E-state index contributed by atoms with van der Waals surface area (Å²) in [4.78, 5) is 0. The summed E-state index contributed by atoms with van der Waals surface area (Å²) in [6.07, 6.45) is 6.56. The molecule has 3 atom stereocenters.